The van der Waals surface area contributed by atoms with E-state index in [-0.39, 0.29) is 5.92 Å². The molecule has 1 rings (SSSR count). The molecule has 17 heavy (non-hydrogen) atoms. The minimum Gasteiger partial charge on any atom is -0.496 e. The van der Waals surface area contributed by atoms with Crippen LogP contribution in [0.2, 0.25) is 0 Å². The highest BCUT2D eigenvalue weighted by molar-refractivity contribution is 5.69. The molecule has 0 saturated heterocycles. The summed E-state index contributed by atoms with van der Waals surface area (Å²) < 4.78 is 5.25. The number of hydrogen-bond acceptors (Lipinski definition) is 2. The second-order valence-corrected chi connectivity index (χ2v) is 4.53. The number of aryl methyl sites for hydroxylation is 3. The zero-order chi connectivity index (χ0) is 13.0. The molecule has 0 radical (unpaired) electrons. The van der Waals surface area contributed by atoms with Crippen LogP contribution >= 0.6 is 0 Å². The summed E-state index contributed by atoms with van der Waals surface area (Å²) in [6.07, 6.45) is 1.46. The van der Waals surface area contributed by atoms with Gasteiger partial charge in [-0.3, -0.25) is 4.79 Å². The van der Waals surface area contributed by atoms with Gasteiger partial charge in [0.25, 0.3) is 0 Å². The Labute approximate surface area is 102 Å². The summed E-state index contributed by atoms with van der Waals surface area (Å²) in [7, 11) is 1.66. The van der Waals surface area contributed by atoms with Crippen molar-refractivity contribution in [1.82, 2.24) is 0 Å². The first kappa shape index (κ1) is 13.6. The Balaban J connectivity index is 2.78. The number of rotatable bonds is 5. The molecule has 0 aliphatic heterocycles. The lowest BCUT2D eigenvalue weighted by molar-refractivity contribution is -0.141. The van der Waals surface area contributed by atoms with E-state index in [2.05, 4.69) is 6.07 Å². The number of carboxylic acid groups (broad SMARTS) is 1. The molecule has 1 N–H and O–H groups in total. The predicted molar refractivity (Wildman–Crippen MR) is 67.6 cm³/mol. The van der Waals surface area contributed by atoms with Crippen molar-refractivity contribution < 1.29 is 14.6 Å². The molecule has 3 nitrogen and oxygen atoms in total. The second-order valence-electron chi connectivity index (χ2n) is 4.53. The topological polar surface area (TPSA) is 46.5 Å². The lowest BCUT2D eigenvalue weighted by Gasteiger charge is -2.12. The third kappa shape index (κ3) is 3.48. The first-order chi connectivity index (χ1) is 7.95. The number of benzene rings is 1. The van der Waals surface area contributed by atoms with E-state index in [0.717, 1.165) is 23.3 Å². The molecule has 3 heteroatoms. The van der Waals surface area contributed by atoms with Crippen LogP contribution in [-0.2, 0) is 11.2 Å². The van der Waals surface area contributed by atoms with E-state index in [1.54, 1.807) is 14.0 Å². The maximum Gasteiger partial charge on any atom is 0.306 e. The van der Waals surface area contributed by atoms with Crippen molar-refractivity contribution in [2.24, 2.45) is 5.92 Å². The van der Waals surface area contributed by atoms with Crippen molar-refractivity contribution in [2.45, 2.75) is 33.6 Å². The number of aliphatic carboxylic acids is 1. The van der Waals surface area contributed by atoms with Crippen LogP contribution in [0.15, 0.2) is 12.1 Å². The summed E-state index contributed by atoms with van der Waals surface area (Å²) in [5, 5.41) is 8.85. The normalized spacial score (nSPS) is 12.2. The molecular weight excluding hydrogens is 216 g/mol. The number of carboxylic acids is 1. The summed E-state index contributed by atoms with van der Waals surface area (Å²) in [6, 6.07) is 4.10. The van der Waals surface area contributed by atoms with Gasteiger partial charge in [0.1, 0.15) is 5.75 Å². The van der Waals surface area contributed by atoms with Crippen LogP contribution in [0.4, 0.5) is 0 Å². The minimum absolute atomic E-state index is 0.295. The Morgan fingerprint density at radius 3 is 2.53 bits per heavy atom. The SMILES string of the molecule is COc1cc(C)c(CCC(C)C(=O)O)cc1C. The van der Waals surface area contributed by atoms with Crippen molar-refractivity contribution in [3.8, 4) is 5.75 Å². The molecule has 1 atom stereocenters. The van der Waals surface area contributed by atoms with E-state index in [0.29, 0.717) is 6.42 Å². The van der Waals surface area contributed by atoms with E-state index in [4.69, 9.17) is 9.84 Å². The lowest BCUT2D eigenvalue weighted by atomic mass is 9.96. The van der Waals surface area contributed by atoms with Gasteiger partial charge in [0.2, 0.25) is 0 Å². The standard InChI is InChI=1S/C14H20O3/c1-9(14(15)16)5-6-12-7-11(3)13(17-4)8-10(12)2/h7-9H,5-6H2,1-4H3,(H,15,16). The van der Waals surface area contributed by atoms with Gasteiger partial charge in [-0.25, -0.2) is 0 Å². The molecular formula is C14H20O3. The highest BCUT2D eigenvalue weighted by Gasteiger charge is 2.12. The first-order valence-corrected chi connectivity index (χ1v) is 5.82. The van der Waals surface area contributed by atoms with Gasteiger partial charge in [0, 0.05) is 0 Å². The van der Waals surface area contributed by atoms with Crippen LogP contribution < -0.4 is 4.74 Å². The molecule has 0 bridgehead atoms. The molecule has 1 unspecified atom stereocenters. The third-order valence-electron chi connectivity index (χ3n) is 3.12. The molecule has 0 aliphatic rings. The van der Waals surface area contributed by atoms with Crippen molar-refractivity contribution in [2.75, 3.05) is 7.11 Å². The van der Waals surface area contributed by atoms with Crippen LogP contribution in [0.5, 0.6) is 5.75 Å². The van der Waals surface area contributed by atoms with Gasteiger partial charge in [0.15, 0.2) is 0 Å². The Kier molecular flexibility index (Phi) is 4.55. The van der Waals surface area contributed by atoms with Crippen LogP contribution in [-0.4, -0.2) is 18.2 Å². The lowest BCUT2D eigenvalue weighted by Crippen LogP contribution is -2.10. The van der Waals surface area contributed by atoms with Gasteiger partial charge < -0.3 is 9.84 Å². The molecule has 1 aromatic carbocycles. The number of methoxy groups -OCH3 is 1. The summed E-state index contributed by atoms with van der Waals surface area (Å²) in [5.74, 6) is -0.137. The number of ether oxygens (including phenoxy) is 1. The van der Waals surface area contributed by atoms with Crippen LogP contribution in [0.25, 0.3) is 0 Å². The van der Waals surface area contributed by atoms with Crippen LogP contribution in [0.3, 0.4) is 0 Å². The van der Waals surface area contributed by atoms with E-state index in [9.17, 15) is 4.79 Å². The molecule has 1 aromatic rings. The Hall–Kier alpha value is -1.51. The van der Waals surface area contributed by atoms with Crippen molar-refractivity contribution >= 4 is 5.97 Å². The van der Waals surface area contributed by atoms with E-state index >= 15 is 0 Å². The third-order valence-corrected chi connectivity index (χ3v) is 3.12. The number of hydrogen-bond donors (Lipinski definition) is 1. The van der Waals surface area contributed by atoms with Gasteiger partial charge in [-0.15, -0.1) is 0 Å². The largest absolute Gasteiger partial charge is 0.496 e. The van der Waals surface area contributed by atoms with Crippen molar-refractivity contribution in [3.63, 3.8) is 0 Å². The summed E-state index contributed by atoms with van der Waals surface area (Å²) in [4.78, 5) is 10.8. The Morgan fingerprint density at radius 2 is 2.00 bits per heavy atom. The quantitative estimate of drug-likeness (QED) is 0.855. The maximum absolute atomic E-state index is 10.8. The molecule has 94 valence electrons. The summed E-state index contributed by atoms with van der Waals surface area (Å²) in [6.45, 7) is 5.78. The highest BCUT2D eigenvalue weighted by atomic mass is 16.5. The fraction of sp³-hybridized carbons (Fsp3) is 0.500. The van der Waals surface area contributed by atoms with Gasteiger partial charge in [-0.1, -0.05) is 13.0 Å². The van der Waals surface area contributed by atoms with E-state index < -0.39 is 5.97 Å². The monoisotopic (exact) mass is 236 g/mol. The zero-order valence-electron chi connectivity index (χ0n) is 10.9. The Morgan fingerprint density at radius 1 is 1.35 bits per heavy atom. The maximum atomic E-state index is 10.8. The average molecular weight is 236 g/mol. The average Bonchev–Trinajstić information content (AvgIpc) is 2.29. The predicted octanol–water partition coefficient (Wildman–Crippen LogP) is 2.97. The molecule has 0 aromatic heterocycles. The van der Waals surface area contributed by atoms with Gasteiger partial charge >= 0.3 is 5.97 Å². The summed E-state index contributed by atoms with van der Waals surface area (Å²) >= 11 is 0. The molecule has 0 fully saturated rings. The molecule has 0 aliphatic carbocycles. The molecule has 0 spiro atoms. The van der Waals surface area contributed by atoms with Crippen LogP contribution in [0.1, 0.15) is 30.0 Å². The van der Waals surface area contributed by atoms with Crippen LogP contribution in [0, 0.1) is 19.8 Å². The first-order valence-electron chi connectivity index (χ1n) is 5.82. The Bertz CT molecular complexity index is 410. The fourth-order valence-corrected chi connectivity index (χ4v) is 1.83. The minimum atomic E-state index is -0.729. The zero-order valence-corrected chi connectivity index (χ0v) is 10.9. The fourth-order valence-electron chi connectivity index (χ4n) is 1.83. The van der Waals surface area contributed by atoms with Gasteiger partial charge in [-0.2, -0.15) is 0 Å². The van der Waals surface area contributed by atoms with Gasteiger partial charge in [-0.05, 0) is 49.4 Å². The summed E-state index contributed by atoms with van der Waals surface area (Å²) in [5.41, 5.74) is 3.46. The number of carbonyl (C=O) groups is 1. The molecule has 0 saturated carbocycles. The van der Waals surface area contributed by atoms with Crippen molar-refractivity contribution in [3.05, 3.63) is 28.8 Å². The molecule has 0 heterocycles. The van der Waals surface area contributed by atoms with E-state index in [1.807, 2.05) is 19.9 Å². The smallest absolute Gasteiger partial charge is 0.306 e. The van der Waals surface area contributed by atoms with Gasteiger partial charge in [0.05, 0.1) is 13.0 Å². The highest BCUT2D eigenvalue weighted by Crippen LogP contribution is 2.24. The van der Waals surface area contributed by atoms with Crippen molar-refractivity contribution in [1.29, 1.82) is 0 Å². The second kappa shape index (κ2) is 5.71. The van der Waals surface area contributed by atoms with E-state index in [1.165, 1.54) is 5.56 Å². The molecule has 0 amide bonds.